The van der Waals surface area contributed by atoms with Crippen LogP contribution in [0.2, 0.25) is 0 Å². The number of aliphatic carboxylic acids is 1. The highest BCUT2D eigenvalue weighted by Gasteiger charge is 2.34. The summed E-state index contributed by atoms with van der Waals surface area (Å²) in [6.45, 7) is 1.55. The van der Waals surface area contributed by atoms with Gasteiger partial charge in [-0.25, -0.2) is 4.98 Å². The minimum absolute atomic E-state index is 0.0784. The molecule has 1 aliphatic carbocycles. The van der Waals surface area contributed by atoms with Crippen molar-refractivity contribution in [2.45, 2.75) is 32.2 Å². The van der Waals surface area contributed by atoms with Crippen LogP contribution in [0.3, 0.4) is 0 Å². The summed E-state index contributed by atoms with van der Waals surface area (Å²) < 4.78 is 0. The van der Waals surface area contributed by atoms with Crippen LogP contribution in [-0.2, 0) is 9.59 Å². The molecule has 20 heavy (non-hydrogen) atoms. The zero-order valence-corrected chi connectivity index (χ0v) is 11.8. The molecule has 0 bridgehead atoms. The van der Waals surface area contributed by atoms with Crippen molar-refractivity contribution in [1.29, 1.82) is 0 Å². The van der Waals surface area contributed by atoms with Crippen molar-refractivity contribution in [2.75, 3.05) is 11.9 Å². The Kier molecular flexibility index (Phi) is 4.33. The topological polar surface area (TPSA) is 99.6 Å². The monoisotopic (exact) mass is 297 g/mol. The van der Waals surface area contributed by atoms with Gasteiger partial charge in [0.05, 0.1) is 6.42 Å². The maximum atomic E-state index is 12.3. The molecular formula is C12H15N3O4S. The van der Waals surface area contributed by atoms with E-state index in [1.807, 2.05) is 0 Å². The molecule has 0 spiro atoms. The highest BCUT2D eigenvalue weighted by Crippen LogP contribution is 2.29. The van der Waals surface area contributed by atoms with E-state index in [9.17, 15) is 14.4 Å². The number of carboxylic acids is 1. The smallest absolute Gasteiger partial charge is 0.305 e. The molecule has 1 heterocycles. The number of aromatic nitrogens is 1. The van der Waals surface area contributed by atoms with Crippen molar-refractivity contribution in [2.24, 2.45) is 0 Å². The molecule has 1 fully saturated rings. The fraction of sp³-hybridized carbons (Fsp3) is 0.500. The Balaban J connectivity index is 2.04. The van der Waals surface area contributed by atoms with Gasteiger partial charge in [0.25, 0.3) is 5.91 Å². The third kappa shape index (κ3) is 3.77. The van der Waals surface area contributed by atoms with Crippen LogP contribution in [0.1, 0.15) is 36.7 Å². The first-order valence-electron chi connectivity index (χ1n) is 6.23. The highest BCUT2D eigenvalue weighted by atomic mass is 32.1. The molecule has 1 aliphatic rings. The fourth-order valence-corrected chi connectivity index (χ4v) is 2.51. The van der Waals surface area contributed by atoms with Gasteiger partial charge in [-0.15, -0.1) is 11.3 Å². The lowest BCUT2D eigenvalue weighted by molar-refractivity contribution is -0.137. The number of carbonyl (C=O) groups excluding carboxylic acids is 2. The van der Waals surface area contributed by atoms with Crippen LogP contribution in [0.4, 0.5) is 5.13 Å². The third-order valence-corrected chi connectivity index (χ3v) is 3.58. The molecule has 0 unspecified atom stereocenters. The molecule has 2 N–H and O–H groups in total. The quantitative estimate of drug-likeness (QED) is 0.821. The summed E-state index contributed by atoms with van der Waals surface area (Å²) in [7, 11) is 0. The van der Waals surface area contributed by atoms with Crippen molar-refractivity contribution in [3.63, 3.8) is 0 Å². The predicted molar refractivity (Wildman–Crippen MR) is 72.7 cm³/mol. The number of anilines is 1. The molecule has 1 saturated carbocycles. The van der Waals surface area contributed by atoms with Gasteiger partial charge in [-0.1, -0.05) is 0 Å². The number of carbonyl (C=O) groups is 3. The zero-order valence-electron chi connectivity index (χ0n) is 11.0. The van der Waals surface area contributed by atoms with Gasteiger partial charge in [0.15, 0.2) is 5.13 Å². The van der Waals surface area contributed by atoms with Crippen molar-refractivity contribution in [1.82, 2.24) is 9.88 Å². The van der Waals surface area contributed by atoms with Crippen molar-refractivity contribution in [3.05, 3.63) is 11.1 Å². The molecule has 1 aromatic heterocycles. The predicted octanol–water partition coefficient (Wildman–Crippen LogP) is 1.18. The molecule has 0 atom stereocenters. The fourth-order valence-electron chi connectivity index (χ4n) is 1.78. The molecule has 0 aliphatic heterocycles. The Hall–Kier alpha value is -1.96. The lowest BCUT2D eigenvalue weighted by Crippen LogP contribution is -2.35. The molecule has 108 valence electrons. The lowest BCUT2D eigenvalue weighted by atomic mass is 10.3. The van der Waals surface area contributed by atoms with E-state index in [1.54, 1.807) is 10.3 Å². The van der Waals surface area contributed by atoms with Crippen LogP contribution in [-0.4, -0.2) is 45.4 Å². The summed E-state index contributed by atoms with van der Waals surface area (Å²) in [5.41, 5.74) is 0.246. The van der Waals surface area contributed by atoms with Gasteiger partial charge in [0, 0.05) is 24.9 Å². The summed E-state index contributed by atoms with van der Waals surface area (Å²) in [6.07, 6.45) is 1.72. The standard InChI is InChI=1S/C12H15N3O4S/c1-7(16)13-12-14-9(6-20-12)11(19)15(8-2-3-8)5-4-10(17)18/h6,8H,2-5H2,1H3,(H,17,18)(H,13,14,16). The Morgan fingerprint density at radius 1 is 1.50 bits per heavy atom. The van der Waals surface area contributed by atoms with E-state index < -0.39 is 5.97 Å². The largest absolute Gasteiger partial charge is 0.481 e. The highest BCUT2D eigenvalue weighted by molar-refractivity contribution is 7.14. The molecule has 2 rings (SSSR count). The van der Waals surface area contributed by atoms with E-state index in [4.69, 9.17) is 5.11 Å². The molecule has 8 heteroatoms. The summed E-state index contributed by atoms with van der Waals surface area (Å²) >= 11 is 1.17. The summed E-state index contributed by atoms with van der Waals surface area (Å²) in [5.74, 6) is -1.45. The van der Waals surface area contributed by atoms with E-state index in [1.165, 1.54) is 18.3 Å². The molecule has 1 aromatic rings. The van der Waals surface area contributed by atoms with E-state index in [-0.39, 0.29) is 36.5 Å². The van der Waals surface area contributed by atoms with Crippen LogP contribution in [0.5, 0.6) is 0 Å². The van der Waals surface area contributed by atoms with Crippen LogP contribution < -0.4 is 5.32 Å². The molecule has 0 aromatic carbocycles. The SMILES string of the molecule is CC(=O)Nc1nc(C(=O)N(CCC(=O)O)C2CC2)cs1. The molecule has 0 saturated heterocycles. The lowest BCUT2D eigenvalue weighted by Gasteiger charge is -2.20. The summed E-state index contributed by atoms with van der Waals surface area (Å²) in [5, 5.41) is 13.2. The Morgan fingerprint density at radius 3 is 2.75 bits per heavy atom. The second-order valence-electron chi connectivity index (χ2n) is 4.59. The number of amides is 2. The zero-order chi connectivity index (χ0) is 14.7. The maximum absolute atomic E-state index is 12.3. The van der Waals surface area contributed by atoms with Crippen LogP contribution >= 0.6 is 11.3 Å². The van der Waals surface area contributed by atoms with Gasteiger partial charge in [-0.3, -0.25) is 14.4 Å². The number of carboxylic acid groups (broad SMARTS) is 1. The molecular weight excluding hydrogens is 282 g/mol. The van der Waals surface area contributed by atoms with E-state index in [0.717, 1.165) is 12.8 Å². The average molecular weight is 297 g/mol. The van der Waals surface area contributed by atoms with Gasteiger partial charge in [0.1, 0.15) is 5.69 Å². The number of hydrogen-bond donors (Lipinski definition) is 2. The van der Waals surface area contributed by atoms with Gasteiger partial charge < -0.3 is 15.3 Å². The van der Waals surface area contributed by atoms with Crippen molar-refractivity contribution >= 4 is 34.3 Å². The average Bonchev–Trinajstić information content (AvgIpc) is 3.08. The third-order valence-electron chi connectivity index (χ3n) is 2.82. The second kappa shape index (κ2) is 6.00. The molecule has 7 nitrogen and oxygen atoms in total. The number of thiazole rings is 1. The normalized spacial score (nSPS) is 13.8. The van der Waals surface area contributed by atoms with Crippen LogP contribution in [0, 0.1) is 0 Å². The minimum atomic E-state index is -0.930. The summed E-state index contributed by atoms with van der Waals surface area (Å²) in [4.78, 5) is 39.5. The van der Waals surface area contributed by atoms with Gasteiger partial charge in [-0.2, -0.15) is 0 Å². The Labute approximate surface area is 119 Å². The number of nitrogens with one attached hydrogen (secondary N) is 1. The van der Waals surface area contributed by atoms with E-state index >= 15 is 0 Å². The maximum Gasteiger partial charge on any atom is 0.305 e. The van der Waals surface area contributed by atoms with Crippen LogP contribution in [0.25, 0.3) is 0 Å². The first-order valence-corrected chi connectivity index (χ1v) is 7.11. The van der Waals surface area contributed by atoms with Gasteiger partial charge >= 0.3 is 5.97 Å². The van der Waals surface area contributed by atoms with Crippen molar-refractivity contribution in [3.8, 4) is 0 Å². The molecule has 2 amide bonds. The van der Waals surface area contributed by atoms with Gasteiger partial charge in [-0.05, 0) is 12.8 Å². The minimum Gasteiger partial charge on any atom is -0.481 e. The van der Waals surface area contributed by atoms with Gasteiger partial charge in [0.2, 0.25) is 5.91 Å². The Bertz CT molecular complexity index is 539. The number of hydrogen-bond acceptors (Lipinski definition) is 5. The first kappa shape index (κ1) is 14.4. The summed E-state index contributed by atoms with van der Waals surface area (Å²) in [6, 6.07) is 0.118. The number of nitrogens with zero attached hydrogens (tertiary/aromatic N) is 2. The second-order valence-corrected chi connectivity index (χ2v) is 5.45. The Morgan fingerprint density at radius 2 is 2.20 bits per heavy atom. The first-order chi connectivity index (χ1) is 9.47. The molecule has 0 radical (unpaired) electrons. The van der Waals surface area contributed by atoms with E-state index in [0.29, 0.717) is 5.13 Å². The van der Waals surface area contributed by atoms with Crippen molar-refractivity contribution < 1.29 is 19.5 Å². The van der Waals surface area contributed by atoms with E-state index in [2.05, 4.69) is 10.3 Å². The van der Waals surface area contributed by atoms with Crippen LogP contribution in [0.15, 0.2) is 5.38 Å². The number of rotatable bonds is 6.